The first-order valence-corrected chi connectivity index (χ1v) is 17.5. The van der Waals surface area contributed by atoms with Gasteiger partial charge in [0.1, 0.15) is 41.7 Å². The number of nitrogens with zero attached hydrogens (tertiary/aromatic N) is 4. The van der Waals surface area contributed by atoms with Crippen LogP contribution in [0.4, 0.5) is 0 Å². The van der Waals surface area contributed by atoms with Gasteiger partial charge in [0, 0.05) is 6.54 Å². The van der Waals surface area contributed by atoms with Crippen molar-refractivity contribution in [3.05, 3.63) is 154 Å². The predicted molar refractivity (Wildman–Crippen MR) is 197 cm³/mol. The molecule has 13 nitrogen and oxygen atoms in total. The number of carbonyl (C=O) groups excluding carboxylic acids is 1. The number of aryl methyl sites for hydroxylation is 1. The van der Waals surface area contributed by atoms with Gasteiger partial charge in [0.2, 0.25) is 0 Å². The Labute approximate surface area is 310 Å². The van der Waals surface area contributed by atoms with Crippen molar-refractivity contribution < 1.29 is 38.7 Å². The molecule has 4 atom stereocenters. The molecule has 2 aromatic heterocycles. The second-order valence-electron chi connectivity index (χ2n) is 12.8. The van der Waals surface area contributed by atoms with Gasteiger partial charge in [0.25, 0.3) is 5.56 Å². The van der Waals surface area contributed by atoms with Crippen molar-refractivity contribution in [3.63, 3.8) is 0 Å². The van der Waals surface area contributed by atoms with E-state index in [1.165, 1.54) is 21.8 Å². The lowest BCUT2D eigenvalue weighted by atomic mass is 9.80. The Morgan fingerprint density at radius 1 is 0.778 bits per heavy atom. The number of rotatable bonds is 14. The van der Waals surface area contributed by atoms with Gasteiger partial charge in [0.15, 0.2) is 17.4 Å². The molecule has 6 aromatic rings. The van der Waals surface area contributed by atoms with E-state index in [0.29, 0.717) is 23.5 Å². The molecule has 2 N–H and O–H groups in total. The molecule has 0 unspecified atom stereocenters. The van der Waals surface area contributed by atoms with E-state index in [0.717, 1.165) is 16.7 Å². The van der Waals surface area contributed by atoms with E-state index in [-0.39, 0.29) is 30.9 Å². The number of benzene rings is 4. The van der Waals surface area contributed by atoms with Gasteiger partial charge >= 0.3 is 5.97 Å². The zero-order valence-electron chi connectivity index (χ0n) is 29.7. The largest absolute Gasteiger partial charge is 0.497 e. The summed E-state index contributed by atoms with van der Waals surface area (Å²) in [6.45, 7) is 0.213. The minimum absolute atomic E-state index is 0.0610. The number of esters is 1. The summed E-state index contributed by atoms with van der Waals surface area (Å²) in [5, 5.41) is 22.6. The summed E-state index contributed by atoms with van der Waals surface area (Å²) in [5.74, 6) is 0.907. The van der Waals surface area contributed by atoms with Crippen LogP contribution >= 0.6 is 0 Å². The van der Waals surface area contributed by atoms with Gasteiger partial charge in [-0.3, -0.25) is 13.9 Å². The Kier molecular flexibility index (Phi) is 10.8. The molecule has 0 amide bonds. The summed E-state index contributed by atoms with van der Waals surface area (Å²) in [5.41, 5.74) is 1.50. The van der Waals surface area contributed by atoms with Gasteiger partial charge in [-0.1, -0.05) is 72.8 Å². The molecule has 0 radical (unpaired) electrons. The first-order chi connectivity index (χ1) is 26.3. The maximum atomic E-state index is 13.4. The van der Waals surface area contributed by atoms with Crippen LogP contribution < -0.4 is 15.0 Å². The summed E-state index contributed by atoms with van der Waals surface area (Å²) in [4.78, 5) is 34.4. The quantitative estimate of drug-likeness (QED) is 0.0925. The molecule has 7 rings (SSSR count). The molecule has 278 valence electrons. The molecule has 0 spiro atoms. The molecular weight excluding hydrogens is 692 g/mol. The molecule has 0 aliphatic carbocycles. The molecule has 54 heavy (non-hydrogen) atoms. The molecule has 13 heteroatoms. The Balaban J connectivity index is 1.11. The standard InChI is InChI=1S/C41H40N4O9/c1-50-31-18-14-29(15-19-31)41(28-12-7-4-8-13-28,30-16-20-32(51-2)21-17-30)53-24-33-35(46)36(47)39(54-33)45-26-42-34-37(45)43-25-44(38(34)48)22-9-23-52-40(49)27-10-5-3-6-11-27/h3-8,10-21,25-26,33,35-36,39,46-47H,9,22-24H2,1-2H3/t33-,35-,36-,39-/m1/s1. The van der Waals surface area contributed by atoms with Crippen LogP contribution in [0, 0.1) is 0 Å². The normalized spacial score (nSPS) is 18.4. The Morgan fingerprint density at radius 2 is 1.37 bits per heavy atom. The highest BCUT2D eigenvalue weighted by Crippen LogP contribution is 2.43. The number of ether oxygens (including phenoxy) is 5. The van der Waals surface area contributed by atoms with E-state index in [9.17, 15) is 19.8 Å². The molecule has 0 bridgehead atoms. The van der Waals surface area contributed by atoms with Crippen LogP contribution in [0.3, 0.4) is 0 Å². The van der Waals surface area contributed by atoms with E-state index >= 15 is 0 Å². The highest BCUT2D eigenvalue weighted by atomic mass is 16.6. The molecule has 3 heterocycles. The lowest BCUT2D eigenvalue weighted by molar-refractivity contribution is -0.0942. The molecular formula is C41H40N4O9. The zero-order valence-corrected chi connectivity index (χ0v) is 29.7. The molecule has 0 saturated carbocycles. The first-order valence-electron chi connectivity index (χ1n) is 17.5. The van der Waals surface area contributed by atoms with E-state index in [2.05, 4.69) is 9.97 Å². The zero-order chi connectivity index (χ0) is 37.7. The van der Waals surface area contributed by atoms with Crippen LogP contribution in [-0.2, 0) is 26.4 Å². The molecule has 1 aliphatic rings. The lowest BCUT2D eigenvalue weighted by Crippen LogP contribution is -2.39. The van der Waals surface area contributed by atoms with Crippen LogP contribution in [0.5, 0.6) is 11.5 Å². The molecule has 1 fully saturated rings. The monoisotopic (exact) mass is 732 g/mol. The fourth-order valence-electron chi connectivity index (χ4n) is 6.73. The minimum Gasteiger partial charge on any atom is -0.497 e. The third kappa shape index (κ3) is 7.09. The van der Waals surface area contributed by atoms with Crippen LogP contribution in [0.1, 0.15) is 39.7 Å². The van der Waals surface area contributed by atoms with Crippen LogP contribution in [-0.4, -0.2) is 81.0 Å². The number of imidazole rings is 1. The smallest absolute Gasteiger partial charge is 0.338 e. The predicted octanol–water partition coefficient (Wildman–Crippen LogP) is 4.49. The Morgan fingerprint density at radius 3 is 1.98 bits per heavy atom. The molecule has 1 saturated heterocycles. The van der Waals surface area contributed by atoms with Crippen LogP contribution in [0.2, 0.25) is 0 Å². The van der Waals surface area contributed by atoms with E-state index in [4.69, 9.17) is 23.7 Å². The number of aliphatic hydroxyl groups excluding tert-OH is 2. The van der Waals surface area contributed by atoms with Gasteiger partial charge in [0.05, 0.1) is 39.3 Å². The van der Waals surface area contributed by atoms with Gasteiger partial charge in [-0.15, -0.1) is 0 Å². The van der Waals surface area contributed by atoms with Crippen molar-refractivity contribution in [2.45, 2.75) is 43.1 Å². The van der Waals surface area contributed by atoms with Gasteiger partial charge in [-0.2, -0.15) is 0 Å². The fourth-order valence-corrected chi connectivity index (χ4v) is 6.73. The van der Waals surface area contributed by atoms with Gasteiger partial charge in [-0.25, -0.2) is 14.8 Å². The lowest BCUT2D eigenvalue weighted by Gasteiger charge is -2.37. The summed E-state index contributed by atoms with van der Waals surface area (Å²) in [6.07, 6.45) is -1.75. The Hall–Kier alpha value is -5.86. The van der Waals surface area contributed by atoms with Crippen LogP contribution in [0.25, 0.3) is 11.2 Å². The Bertz CT molecular complexity index is 2180. The third-order valence-corrected chi connectivity index (χ3v) is 9.59. The summed E-state index contributed by atoms with van der Waals surface area (Å²) in [6, 6.07) is 33.5. The van der Waals surface area contributed by atoms with E-state index in [1.807, 2.05) is 84.9 Å². The summed E-state index contributed by atoms with van der Waals surface area (Å²) in [7, 11) is 3.20. The SMILES string of the molecule is COc1ccc(C(OC[C@H]2O[C@@H](n3cnc4c(=O)n(CCCOC(=O)c5ccccc5)cnc43)[C@H](O)[C@@H]2O)(c2ccccc2)c2ccc(OC)cc2)cc1. The topological polar surface area (TPSA) is 156 Å². The second kappa shape index (κ2) is 16.0. The molecule has 1 aliphatic heterocycles. The van der Waals surface area contributed by atoms with Crippen molar-refractivity contribution in [2.75, 3.05) is 27.4 Å². The maximum absolute atomic E-state index is 13.4. The van der Waals surface area contributed by atoms with E-state index < -0.39 is 41.7 Å². The highest BCUT2D eigenvalue weighted by molar-refractivity contribution is 5.89. The number of aliphatic hydroxyl groups is 2. The van der Waals surface area contributed by atoms with Gasteiger partial charge < -0.3 is 33.9 Å². The molecule has 4 aromatic carbocycles. The number of carbonyl (C=O) groups is 1. The second-order valence-corrected chi connectivity index (χ2v) is 12.8. The van der Waals surface area contributed by atoms with E-state index in [1.54, 1.807) is 38.5 Å². The number of fused-ring (bicyclic) bond motifs is 1. The number of hydrogen-bond donors (Lipinski definition) is 2. The summed E-state index contributed by atoms with van der Waals surface area (Å²) < 4.78 is 32.2. The number of aromatic nitrogens is 4. The average Bonchev–Trinajstić information content (AvgIpc) is 3.78. The average molecular weight is 733 g/mol. The van der Waals surface area contributed by atoms with Crippen molar-refractivity contribution in [2.24, 2.45) is 0 Å². The maximum Gasteiger partial charge on any atom is 0.338 e. The van der Waals surface area contributed by atoms with Crippen molar-refractivity contribution in [3.8, 4) is 11.5 Å². The number of methoxy groups -OCH3 is 2. The minimum atomic E-state index is -1.40. The van der Waals surface area contributed by atoms with Crippen molar-refractivity contribution in [1.29, 1.82) is 0 Å². The number of hydrogen-bond acceptors (Lipinski definition) is 11. The van der Waals surface area contributed by atoms with Gasteiger partial charge in [-0.05, 0) is 59.5 Å². The highest BCUT2D eigenvalue weighted by Gasteiger charge is 2.47. The fraction of sp³-hybridized carbons (Fsp3) is 0.268. The third-order valence-electron chi connectivity index (χ3n) is 9.59. The summed E-state index contributed by atoms with van der Waals surface area (Å²) >= 11 is 0. The van der Waals surface area contributed by atoms with Crippen LogP contribution in [0.15, 0.2) is 127 Å². The first kappa shape index (κ1) is 36.5. The van der Waals surface area contributed by atoms with Crippen molar-refractivity contribution in [1.82, 2.24) is 19.1 Å². The van der Waals surface area contributed by atoms with Crippen molar-refractivity contribution >= 4 is 17.1 Å².